The Balaban J connectivity index is 1.89. The van der Waals surface area contributed by atoms with Crippen LogP contribution in [0.4, 0.5) is 11.4 Å². The van der Waals surface area contributed by atoms with Crippen LogP contribution in [-0.2, 0) is 6.54 Å². The van der Waals surface area contributed by atoms with Crippen LogP contribution in [0, 0.1) is 18.3 Å². The Morgan fingerprint density at radius 3 is 2.38 bits per heavy atom. The quantitative estimate of drug-likeness (QED) is 0.389. The number of ketones is 2. The molecule has 0 bridgehead atoms. The Bertz CT molecular complexity index is 1500. The van der Waals surface area contributed by atoms with E-state index in [4.69, 9.17) is 11.6 Å². The predicted molar refractivity (Wildman–Crippen MR) is 126 cm³/mol. The molecule has 0 unspecified atom stereocenters. The first-order valence-electron chi connectivity index (χ1n) is 10.6. The van der Waals surface area contributed by atoms with Gasteiger partial charge < -0.3 is 5.11 Å². The highest BCUT2D eigenvalue weighted by Gasteiger charge is 2.32. The normalized spacial score (nSPS) is 12.5. The number of nitriles is 1. The number of hydrogen-bond donors (Lipinski definition) is 1. The zero-order chi connectivity index (χ0) is 24.6. The number of aromatic nitrogens is 1. The molecule has 1 heterocycles. The SMILES string of the molecule is CCCCn1c(O)c(/N=N/c2cc(Cl)cc3c2C(=O)c2ccccc2C3=O)c(C)c(C#N)c1=O. The van der Waals surface area contributed by atoms with Gasteiger partial charge in [-0.05, 0) is 25.5 Å². The van der Waals surface area contributed by atoms with Crippen molar-refractivity contribution in [2.75, 3.05) is 0 Å². The lowest BCUT2D eigenvalue weighted by Gasteiger charge is -2.18. The first-order chi connectivity index (χ1) is 16.3. The van der Waals surface area contributed by atoms with E-state index in [-0.39, 0.29) is 62.1 Å². The molecule has 2 aromatic carbocycles. The van der Waals surface area contributed by atoms with Crippen molar-refractivity contribution in [3.63, 3.8) is 0 Å². The van der Waals surface area contributed by atoms with E-state index in [1.54, 1.807) is 24.3 Å². The first-order valence-corrected chi connectivity index (χ1v) is 11.0. The Kier molecular flexibility index (Phi) is 6.14. The molecular weight excluding hydrogens is 456 g/mol. The summed E-state index contributed by atoms with van der Waals surface area (Å²) in [4.78, 5) is 38.8. The maximum Gasteiger partial charge on any atom is 0.271 e. The molecule has 1 aromatic heterocycles. The van der Waals surface area contributed by atoms with Gasteiger partial charge in [-0.3, -0.25) is 19.0 Å². The lowest BCUT2D eigenvalue weighted by atomic mass is 9.83. The average Bonchev–Trinajstić information content (AvgIpc) is 2.82. The summed E-state index contributed by atoms with van der Waals surface area (Å²) in [6, 6.07) is 11.1. The van der Waals surface area contributed by atoms with Gasteiger partial charge in [0.25, 0.3) is 5.56 Å². The van der Waals surface area contributed by atoms with Gasteiger partial charge in [0.15, 0.2) is 17.3 Å². The lowest BCUT2D eigenvalue weighted by Crippen LogP contribution is -2.24. The first kappa shape index (κ1) is 23.1. The highest BCUT2D eigenvalue weighted by atomic mass is 35.5. The number of benzene rings is 2. The minimum atomic E-state index is -0.609. The zero-order valence-corrected chi connectivity index (χ0v) is 19.2. The molecular formula is C25H19ClN4O4. The van der Waals surface area contributed by atoms with Crippen molar-refractivity contribution < 1.29 is 14.7 Å². The van der Waals surface area contributed by atoms with Gasteiger partial charge >= 0.3 is 0 Å². The van der Waals surface area contributed by atoms with Gasteiger partial charge in [0.1, 0.15) is 11.6 Å². The minimum absolute atomic E-state index is 0.0407. The molecule has 0 saturated heterocycles. The van der Waals surface area contributed by atoms with Gasteiger partial charge in [0.05, 0.1) is 11.3 Å². The fraction of sp³-hybridized carbons (Fsp3) is 0.200. The number of unbranched alkanes of at least 4 members (excludes halogenated alkanes) is 1. The predicted octanol–water partition coefficient (Wildman–Crippen LogP) is 5.38. The number of hydrogen-bond acceptors (Lipinski definition) is 7. The fourth-order valence-corrected chi connectivity index (χ4v) is 4.14. The molecule has 0 atom stereocenters. The molecule has 34 heavy (non-hydrogen) atoms. The number of nitrogens with zero attached hydrogens (tertiary/aromatic N) is 4. The number of pyridine rings is 1. The Morgan fingerprint density at radius 1 is 1.06 bits per heavy atom. The maximum absolute atomic E-state index is 13.2. The van der Waals surface area contributed by atoms with Crippen molar-refractivity contribution in [1.82, 2.24) is 4.57 Å². The Labute approximate surface area is 199 Å². The van der Waals surface area contributed by atoms with Gasteiger partial charge in [-0.1, -0.05) is 49.2 Å². The van der Waals surface area contributed by atoms with E-state index in [1.165, 1.54) is 19.1 Å². The summed E-state index contributed by atoms with van der Waals surface area (Å²) in [5.74, 6) is -1.19. The van der Waals surface area contributed by atoms with Crippen LogP contribution >= 0.6 is 11.6 Å². The number of rotatable bonds is 5. The maximum atomic E-state index is 13.2. The molecule has 8 nitrogen and oxygen atoms in total. The monoisotopic (exact) mass is 474 g/mol. The standard InChI is InChI=1S/C25H19ClN4O4/c1-3-4-9-30-24(33)18(12-27)13(2)21(25(30)34)29-28-19-11-14(26)10-17-20(19)23(32)16-8-6-5-7-15(16)22(17)31/h5-8,10-11,34H,3-4,9H2,1-2H3/b29-28+. The number of halogens is 1. The summed E-state index contributed by atoms with van der Waals surface area (Å²) in [5.41, 5.74) is 0.0437. The van der Waals surface area contributed by atoms with Crippen molar-refractivity contribution in [1.29, 1.82) is 5.26 Å². The van der Waals surface area contributed by atoms with Crippen LogP contribution in [-0.4, -0.2) is 21.2 Å². The second kappa shape index (κ2) is 9.04. The third-order valence-corrected chi connectivity index (χ3v) is 5.95. The van der Waals surface area contributed by atoms with Gasteiger partial charge in [0, 0.05) is 33.8 Å². The molecule has 9 heteroatoms. The van der Waals surface area contributed by atoms with Crippen LogP contribution in [0.2, 0.25) is 5.02 Å². The van der Waals surface area contributed by atoms with Gasteiger partial charge in [-0.15, -0.1) is 10.2 Å². The van der Waals surface area contributed by atoms with E-state index in [0.717, 1.165) is 11.0 Å². The fourth-order valence-electron chi connectivity index (χ4n) is 3.93. The molecule has 170 valence electrons. The molecule has 1 N–H and O–H groups in total. The minimum Gasteiger partial charge on any atom is -0.493 e. The number of azo groups is 1. The summed E-state index contributed by atoms with van der Waals surface area (Å²) in [5, 5.41) is 28.6. The van der Waals surface area contributed by atoms with E-state index in [1.807, 2.05) is 13.0 Å². The van der Waals surface area contributed by atoms with Crippen molar-refractivity contribution in [3.05, 3.63) is 85.2 Å². The number of carbonyl (C=O) groups excluding carboxylic acids is 2. The Hall–Kier alpha value is -4.09. The highest BCUT2D eigenvalue weighted by Crippen LogP contribution is 2.38. The second-order valence-electron chi connectivity index (χ2n) is 7.85. The molecule has 3 aromatic rings. The van der Waals surface area contributed by atoms with Crippen molar-refractivity contribution in [2.45, 2.75) is 33.2 Å². The van der Waals surface area contributed by atoms with Crippen LogP contribution in [0.25, 0.3) is 0 Å². The molecule has 1 aliphatic rings. The average molecular weight is 475 g/mol. The van der Waals surface area contributed by atoms with Crippen LogP contribution < -0.4 is 5.56 Å². The van der Waals surface area contributed by atoms with Crippen LogP contribution in [0.15, 0.2) is 51.4 Å². The molecule has 1 aliphatic carbocycles. The largest absolute Gasteiger partial charge is 0.493 e. The van der Waals surface area contributed by atoms with Gasteiger partial charge in [-0.2, -0.15) is 5.26 Å². The number of fused-ring (bicyclic) bond motifs is 2. The Morgan fingerprint density at radius 2 is 1.74 bits per heavy atom. The van der Waals surface area contributed by atoms with Gasteiger partial charge in [0.2, 0.25) is 5.88 Å². The van der Waals surface area contributed by atoms with E-state index in [2.05, 4.69) is 10.2 Å². The molecule has 0 amide bonds. The molecule has 0 aliphatic heterocycles. The van der Waals surface area contributed by atoms with E-state index in [9.17, 15) is 24.8 Å². The van der Waals surface area contributed by atoms with E-state index >= 15 is 0 Å². The summed E-state index contributed by atoms with van der Waals surface area (Å²) in [7, 11) is 0. The molecule has 0 fully saturated rings. The lowest BCUT2D eigenvalue weighted by molar-refractivity contribution is 0.0979. The number of carbonyl (C=O) groups is 2. The zero-order valence-electron chi connectivity index (χ0n) is 18.4. The summed E-state index contributed by atoms with van der Waals surface area (Å²) >= 11 is 6.21. The smallest absolute Gasteiger partial charge is 0.271 e. The summed E-state index contributed by atoms with van der Waals surface area (Å²) in [6.45, 7) is 3.62. The number of aromatic hydroxyl groups is 1. The molecule has 0 spiro atoms. The van der Waals surface area contributed by atoms with E-state index in [0.29, 0.717) is 6.42 Å². The molecule has 4 rings (SSSR count). The van der Waals surface area contributed by atoms with Crippen molar-refractivity contribution in [2.24, 2.45) is 10.2 Å². The third-order valence-electron chi connectivity index (χ3n) is 5.73. The summed E-state index contributed by atoms with van der Waals surface area (Å²) < 4.78 is 1.09. The van der Waals surface area contributed by atoms with Crippen LogP contribution in [0.1, 0.15) is 62.7 Å². The van der Waals surface area contributed by atoms with Gasteiger partial charge in [-0.25, -0.2) is 0 Å². The highest BCUT2D eigenvalue weighted by molar-refractivity contribution is 6.34. The van der Waals surface area contributed by atoms with Crippen LogP contribution in [0.5, 0.6) is 5.88 Å². The third kappa shape index (κ3) is 3.70. The summed E-state index contributed by atoms with van der Waals surface area (Å²) in [6.07, 6.45) is 1.38. The topological polar surface area (TPSA) is 125 Å². The second-order valence-corrected chi connectivity index (χ2v) is 8.28. The van der Waals surface area contributed by atoms with E-state index < -0.39 is 17.2 Å². The molecule has 0 saturated carbocycles. The van der Waals surface area contributed by atoms with Crippen molar-refractivity contribution in [3.8, 4) is 11.9 Å². The van der Waals surface area contributed by atoms with Crippen molar-refractivity contribution >= 4 is 34.5 Å². The molecule has 0 radical (unpaired) electrons. The van der Waals surface area contributed by atoms with Crippen LogP contribution in [0.3, 0.4) is 0 Å².